The third-order valence-electron chi connectivity index (χ3n) is 2.27. The molecule has 0 spiro atoms. The largest absolute Gasteiger partial charge is 0.468 e. The zero-order valence-electron chi connectivity index (χ0n) is 9.36. The van der Waals surface area contributed by atoms with Crippen LogP contribution in [0.4, 0.5) is 0 Å². The predicted octanol–water partition coefficient (Wildman–Crippen LogP) is 0.0253. The van der Waals surface area contributed by atoms with Gasteiger partial charge in [0.2, 0.25) is 0 Å². The lowest BCUT2D eigenvalue weighted by Crippen LogP contribution is -2.33. The molecule has 5 heteroatoms. The van der Waals surface area contributed by atoms with Gasteiger partial charge >= 0.3 is 5.97 Å². The van der Waals surface area contributed by atoms with E-state index in [1.807, 2.05) is 20.2 Å². The maximum Gasteiger partial charge on any atom is 0.322 e. The molecule has 1 aromatic heterocycles. The van der Waals surface area contributed by atoms with E-state index in [9.17, 15) is 4.79 Å². The third-order valence-corrected chi connectivity index (χ3v) is 2.27. The molecule has 0 radical (unpaired) electrons. The lowest BCUT2D eigenvalue weighted by Gasteiger charge is -2.08. The van der Waals surface area contributed by atoms with Crippen LogP contribution in [0.2, 0.25) is 0 Å². The number of carbonyl (C=O) groups is 1. The van der Waals surface area contributed by atoms with E-state index in [0.717, 1.165) is 17.7 Å². The highest BCUT2D eigenvalue weighted by Gasteiger charge is 2.17. The number of carbonyl (C=O) groups excluding carboxylic acids is 1. The molecule has 0 aliphatic heterocycles. The van der Waals surface area contributed by atoms with Crippen LogP contribution in [-0.4, -0.2) is 28.9 Å². The number of aryl methyl sites for hydroxylation is 2. The number of nitrogens with two attached hydrogens (primary N) is 1. The molecule has 5 nitrogen and oxygen atoms in total. The van der Waals surface area contributed by atoms with Gasteiger partial charge in [0.05, 0.1) is 12.8 Å². The topological polar surface area (TPSA) is 70.1 Å². The molecule has 0 aliphatic carbocycles. The normalized spacial score (nSPS) is 12.5. The van der Waals surface area contributed by atoms with Gasteiger partial charge in [-0.1, -0.05) is 6.92 Å². The average Bonchev–Trinajstić information content (AvgIpc) is 2.57. The smallest absolute Gasteiger partial charge is 0.322 e. The maximum atomic E-state index is 11.1. The fraction of sp³-hybridized carbons (Fsp3) is 0.600. The average molecular weight is 211 g/mol. The SMILES string of the molecule is CCc1nn(C)cc1CC(N)C(=O)OC. The lowest BCUT2D eigenvalue weighted by atomic mass is 10.1. The fourth-order valence-corrected chi connectivity index (χ4v) is 1.52. The van der Waals surface area contributed by atoms with E-state index in [-0.39, 0.29) is 5.97 Å². The second-order valence-corrected chi connectivity index (χ2v) is 3.46. The van der Waals surface area contributed by atoms with Crippen molar-refractivity contribution in [3.8, 4) is 0 Å². The Kier molecular flexibility index (Phi) is 3.85. The minimum Gasteiger partial charge on any atom is -0.468 e. The Morgan fingerprint density at radius 3 is 2.93 bits per heavy atom. The van der Waals surface area contributed by atoms with Crippen molar-refractivity contribution in [3.05, 3.63) is 17.5 Å². The Balaban J connectivity index is 2.75. The molecule has 15 heavy (non-hydrogen) atoms. The minimum absolute atomic E-state index is 0.388. The Morgan fingerprint density at radius 1 is 1.73 bits per heavy atom. The summed E-state index contributed by atoms with van der Waals surface area (Å²) in [4.78, 5) is 11.1. The number of hydrogen-bond donors (Lipinski definition) is 1. The maximum absolute atomic E-state index is 11.1. The summed E-state index contributed by atoms with van der Waals surface area (Å²) < 4.78 is 6.31. The molecule has 0 fully saturated rings. The van der Waals surface area contributed by atoms with E-state index < -0.39 is 6.04 Å². The number of hydrogen-bond acceptors (Lipinski definition) is 4. The van der Waals surface area contributed by atoms with Crippen LogP contribution < -0.4 is 5.73 Å². The third kappa shape index (κ3) is 2.79. The first-order chi connectivity index (χ1) is 7.08. The van der Waals surface area contributed by atoms with Crippen LogP contribution in [0.3, 0.4) is 0 Å². The molecule has 0 aliphatic rings. The van der Waals surface area contributed by atoms with Crippen LogP contribution in [-0.2, 0) is 29.4 Å². The van der Waals surface area contributed by atoms with Crippen LogP contribution in [0, 0.1) is 0 Å². The highest BCUT2D eigenvalue weighted by atomic mass is 16.5. The van der Waals surface area contributed by atoms with Crippen LogP contribution >= 0.6 is 0 Å². The summed E-state index contributed by atoms with van der Waals surface area (Å²) in [5.41, 5.74) is 7.68. The second kappa shape index (κ2) is 4.93. The molecule has 1 atom stereocenters. The van der Waals surface area contributed by atoms with Gasteiger partial charge in [0, 0.05) is 19.7 Å². The van der Waals surface area contributed by atoms with Gasteiger partial charge in [-0.3, -0.25) is 9.48 Å². The quantitative estimate of drug-likeness (QED) is 0.713. The van der Waals surface area contributed by atoms with E-state index in [0.29, 0.717) is 6.42 Å². The Hall–Kier alpha value is -1.36. The summed E-state index contributed by atoms with van der Waals surface area (Å²) in [5.74, 6) is -0.388. The molecule has 0 aromatic carbocycles. The van der Waals surface area contributed by atoms with Gasteiger partial charge in [0.25, 0.3) is 0 Å². The highest BCUT2D eigenvalue weighted by molar-refractivity contribution is 5.75. The molecule has 0 saturated carbocycles. The molecule has 0 bridgehead atoms. The number of methoxy groups -OCH3 is 1. The van der Waals surface area contributed by atoms with Crippen molar-refractivity contribution in [3.63, 3.8) is 0 Å². The summed E-state index contributed by atoms with van der Waals surface area (Å²) in [5, 5.41) is 4.28. The van der Waals surface area contributed by atoms with Gasteiger partial charge in [-0.05, 0) is 12.0 Å². The van der Waals surface area contributed by atoms with Crippen LogP contribution in [0.25, 0.3) is 0 Å². The number of aromatic nitrogens is 2. The van der Waals surface area contributed by atoms with Gasteiger partial charge in [-0.25, -0.2) is 0 Å². The Labute approximate surface area is 89.2 Å². The second-order valence-electron chi connectivity index (χ2n) is 3.46. The molecule has 1 aromatic rings. The number of rotatable bonds is 4. The Morgan fingerprint density at radius 2 is 2.40 bits per heavy atom. The molecule has 84 valence electrons. The first-order valence-electron chi connectivity index (χ1n) is 4.93. The van der Waals surface area contributed by atoms with Gasteiger partial charge < -0.3 is 10.5 Å². The van der Waals surface area contributed by atoms with Gasteiger partial charge in [-0.2, -0.15) is 5.10 Å². The first kappa shape index (κ1) is 11.7. The zero-order valence-corrected chi connectivity index (χ0v) is 9.36. The molecular formula is C10H17N3O2. The summed E-state index contributed by atoms with van der Waals surface area (Å²) in [6, 6.07) is -0.607. The van der Waals surface area contributed by atoms with Gasteiger partial charge in [0.15, 0.2) is 0 Å². The van der Waals surface area contributed by atoms with Crippen molar-refractivity contribution in [2.45, 2.75) is 25.8 Å². The van der Waals surface area contributed by atoms with Gasteiger partial charge in [-0.15, -0.1) is 0 Å². The molecule has 1 rings (SSSR count). The lowest BCUT2D eigenvalue weighted by molar-refractivity contribution is -0.142. The molecule has 1 heterocycles. The number of ether oxygens (including phenoxy) is 1. The summed E-state index contributed by atoms with van der Waals surface area (Å²) in [6.45, 7) is 2.02. The van der Waals surface area contributed by atoms with Crippen LogP contribution in [0.15, 0.2) is 6.20 Å². The zero-order chi connectivity index (χ0) is 11.4. The fourth-order valence-electron chi connectivity index (χ4n) is 1.52. The Bertz CT molecular complexity index is 346. The molecule has 0 amide bonds. The van der Waals surface area contributed by atoms with Crippen molar-refractivity contribution < 1.29 is 9.53 Å². The van der Waals surface area contributed by atoms with Gasteiger partial charge in [0.1, 0.15) is 6.04 Å². The van der Waals surface area contributed by atoms with E-state index in [1.165, 1.54) is 7.11 Å². The summed E-state index contributed by atoms with van der Waals surface area (Å²) >= 11 is 0. The van der Waals surface area contributed by atoms with Crippen molar-refractivity contribution in [1.29, 1.82) is 0 Å². The first-order valence-corrected chi connectivity index (χ1v) is 4.93. The predicted molar refractivity (Wildman–Crippen MR) is 56.3 cm³/mol. The molecule has 1 unspecified atom stereocenters. The number of nitrogens with zero attached hydrogens (tertiary/aromatic N) is 2. The van der Waals surface area contributed by atoms with E-state index in [4.69, 9.17) is 5.73 Å². The van der Waals surface area contributed by atoms with E-state index in [1.54, 1.807) is 4.68 Å². The van der Waals surface area contributed by atoms with Crippen molar-refractivity contribution in [2.24, 2.45) is 12.8 Å². The van der Waals surface area contributed by atoms with E-state index >= 15 is 0 Å². The van der Waals surface area contributed by atoms with Crippen molar-refractivity contribution in [2.75, 3.05) is 7.11 Å². The van der Waals surface area contributed by atoms with Crippen LogP contribution in [0.1, 0.15) is 18.2 Å². The van der Waals surface area contributed by atoms with E-state index in [2.05, 4.69) is 9.84 Å². The van der Waals surface area contributed by atoms with Crippen molar-refractivity contribution >= 4 is 5.97 Å². The monoisotopic (exact) mass is 211 g/mol. The van der Waals surface area contributed by atoms with Crippen LogP contribution in [0.5, 0.6) is 0 Å². The highest BCUT2D eigenvalue weighted by Crippen LogP contribution is 2.09. The molecular weight excluding hydrogens is 194 g/mol. The standard InChI is InChI=1S/C10H17N3O2/c1-4-9-7(6-13(2)12-9)5-8(11)10(14)15-3/h6,8H,4-5,11H2,1-3H3. The molecule has 0 saturated heterocycles. The van der Waals surface area contributed by atoms with Crippen molar-refractivity contribution in [1.82, 2.24) is 9.78 Å². The number of esters is 1. The molecule has 2 N–H and O–H groups in total. The minimum atomic E-state index is -0.607. The summed E-state index contributed by atoms with van der Waals surface area (Å²) in [7, 11) is 3.19. The summed E-state index contributed by atoms with van der Waals surface area (Å²) in [6.07, 6.45) is 3.20.